The Kier molecular flexibility index (Phi) is 5.41. The van der Waals surface area contributed by atoms with Crippen molar-refractivity contribution in [3.8, 4) is 0 Å². The molecule has 0 bridgehead atoms. The van der Waals surface area contributed by atoms with Gasteiger partial charge in [0.15, 0.2) is 0 Å². The predicted molar refractivity (Wildman–Crippen MR) is 102 cm³/mol. The van der Waals surface area contributed by atoms with Crippen LogP contribution in [0.25, 0.3) is 0 Å². The number of benzene rings is 1. The lowest BCUT2D eigenvalue weighted by Crippen LogP contribution is -2.38. The summed E-state index contributed by atoms with van der Waals surface area (Å²) < 4.78 is 1.00. The van der Waals surface area contributed by atoms with Crippen molar-refractivity contribution in [3.63, 3.8) is 0 Å². The minimum absolute atomic E-state index is 0.0358. The lowest BCUT2D eigenvalue weighted by molar-refractivity contribution is -0.120. The second-order valence-electron chi connectivity index (χ2n) is 6.05. The van der Waals surface area contributed by atoms with Crippen LogP contribution in [0.4, 0.5) is 11.5 Å². The average molecular weight is 409 g/mol. The molecule has 1 amide bonds. The Balaban J connectivity index is 1.56. The average Bonchev–Trinajstić information content (AvgIpc) is 2.59. The first-order chi connectivity index (χ1) is 11.5. The highest BCUT2D eigenvalue weighted by atomic mass is 79.9. The molecule has 0 aliphatic carbocycles. The first kappa shape index (κ1) is 17.2. The fourth-order valence-corrected chi connectivity index (χ4v) is 3.33. The van der Waals surface area contributed by atoms with Gasteiger partial charge in [-0.3, -0.25) is 4.79 Å². The van der Waals surface area contributed by atoms with Crippen LogP contribution in [0.5, 0.6) is 0 Å². The maximum atomic E-state index is 12.5. The molecule has 1 N–H and O–H groups in total. The van der Waals surface area contributed by atoms with Crippen molar-refractivity contribution in [2.75, 3.05) is 23.3 Å². The topological polar surface area (TPSA) is 45.2 Å². The maximum Gasteiger partial charge on any atom is 0.227 e. The summed E-state index contributed by atoms with van der Waals surface area (Å²) in [4.78, 5) is 19.0. The van der Waals surface area contributed by atoms with Gasteiger partial charge < -0.3 is 10.2 Å². The first-order valence-electron chi connectivity index (χ1n) is 7.96. The third-order valence-corrected chi connectivity index (χ3v) is 5.42. The number of amides is 1. The van der Waals surface area contributed by atoms with Gasteiger partial charge in [0, 0.05) is 35.4 Å². The number of carbonyl (C=O) groups is 1. The zero-order valence-corrected chi connectivity index (χ0v) is 15.8. The van der Waals surface area contributed by atoms with Crippen molar-refractivity contribution in [2.24, 2.45) is 5.92 Å². The van der Waals surface area contributed by atoms with Gasteiger partial charge in [-0.2, -0.15) is 0 Å². The molecule has 2 aromatic rings. The highest BCUT2D eigenvalue weighted by Gasteiger charge is 2.25. The Morgan fingerprint density at radius 1 is 1.29 bits per heavy atom. The minimum atomic E-state index is 0.0358. The van der Waals surface area contributed by atoms with Gasteiger partial charge in [-0.25, -0.2) is 4.98 Å². The third kappa shape index (κ3) is 4.08. The molecule has 2 heterocycles. The van der Waals surface area contributed by atoms with Gasteiger partial charge in [0.2, 0.25) is 5.91 Å². The van der Waals surface area contributed by atoms with Crippen LogP contribution in [0.1, 0.15) is 18.4 Å². The quantitative estimate of drug-likeness (QED) is 0.803. The van der Waals surface area contributed by atoms with Crippen LogP contribution in [-0.2, 0) is 4.79 Å². The van der Waals surface area contributed by atoms with E-state index >= 15 is 0 Å². The molecule has 0 saturated carbocycles. The Labute approximate surface area is 155 Å². The number of pyridine rings is 1. The van der Waals surface area contributed by atoms with Crippen molar-refractivity contribution in [1.82, 2.24) is 4.98 Å². The molecule has 0 unspecified atom stereocenters. The van der Waals surface area contributed by atoms with E-state index in [9.17, 15) is 4.79 Å². The first-order valence-corrected chi connectivity index (χ1v) is 9.13. The van der Waals surface area contributed by atoms with Gasteiger partial charge in [-0.05, 0) is 49.6 Å². The molecule has 24 heavy (non-hydrogen) atoms. The van der Waals surface area contributed by atoms with E-state index in [0.29, 0.717) is 5.02 Å². The summed E-state index contributed by atoms with van der Waals surface area (Å²) >= 11 is 9.37. The molecule has 6 heteroatoms. The molecule has 3 rings (SSSR count). The highest BCUT2D eigenvalue weighted by Crippen LogP contribution is 2.25. The molecule has 126 valence electrons. The minimum Gasteiger partial charge on any atom is -0.357 e. The lowest BCUT2D eigenvalue weighted by atomic mass is 9.95. The summed E-state index contributed by atoms with van der Waals surface area (Å²) in [5.74, 6) is 1.05. The molecule has 1 saturated heterocycles. The zero-order valence-electron chi connectivity index (χ0n) is 13.4. The summed E-state index contributed by atoms with van der Waals surface area (Å²) in [6, 6.07) is 9.64. The van der Waals surface area contributed by atoms with Gasteiger partial charge in [0.25, 0.3) is 0 Å². The number of hydrogen-bond acceptors (Lipinski definition) is 3. The number of halogens is 2. The van der Waals surface area contributed by atoms with Crippen molar-refractivity contribution in [2.45, 2.75) is 19.8 Å². The number of rotatable bonds is 3. The van der Waals surface area contributed by atoms with E-state index in [1.54, 1.807) is 6.20 Å². The van der Waals surface area contributed by atoms with Crippen LogP contribution >= 0.6 is 27.5 Å². The standard InChI is InChI=1S/C18H19BrClN3O/c1-12-2-4-15(10-16(12)19)22-18(24)13-6-8-23(9-7-13)17-5-3-14(20)11-21-17/h2-5,10-11,13H,6-9H2,1H3,(H,22,24). The number of aryl methyl sites for hydroxylation is 1. The van der Waals surface area contributed by atoms with Crippen LogP contribution < -0.4 is 10.2 Å². The van der Waals surface area contributed by atoms with E-state index in [-0.39, 0.29) is 11.8 Å². The van der Waals surface area contributed by atoms with Crippen LogP contribution in [0.3, 0.4) is 0 Å². The fourth-order valence-electron chi connectivity index (χ4n) is 2.84. The van der Waals surface area contributed by atoms with Crippen molar-refractivity contribution in [3.05, 3.63) is 51.6 Å². The molecular weight excluding hydrogens is 390 g/mol. The van der Waals surface area contributed by atoms with Gasteiger partial charge >= 0.3 is 0 Å². The van der Waals surface area contributed by atoms with Gasteiger partial charge in [0.05, 0.1) is 5.02 Å². The molecule has 4 nitrogen and oxygen atoms in total. The molecular formula is C18H19BrClN3O. The van der Waals surface area contributed by atoms with Crippen LogP contribution in [-0.4, -0.2) is 24.0 Å². The Morgan fingerprint density at radius 2 is 2.04 bits per heavy atom. The van der Waals surface area contributed by atoms with E-state index < -0.39 is 0 Å². The van der Waals surface area contributed by atoms with Crippen LogP contribution in [0.2, 0.25) is 5.02 Å². The largest absolute Gasteiger partial charge is 0.357 e. The predicted octanol–water partition coefficient (Wildman–Crippen LogP) is 4.66. The van der Waals surface area contributed by atoms with E-state index in [1.165, 1.54) is 0 Å². The smallest absolute Gasteiger partial charge is 0.227 e. The molecule has 0 atom stereocenters. The molecule has 1 fully saturated rings. The van der Waals surface area contributed by atoms with Crippen LogP contribution in [0, 0.1) is 12.8 Å². The van der Waals surface area contributed by atoms with Gasteiger partial charge in [-0.15, -0.1) is 0 Å². The fraction of sp³-hybridized carbons (Fsp3) is 0.333. The Morgan fingerprint density at radius 3 is 2.67 bits per heavy atom. The summed E-state index contributed by atoms with van der Waals surface area (Å²) in [6.07, 6.45) is 3.30. The number of hydrogen-bond donors (Lipinski definition) is 1. The lowest BCUT2D eigenvalue weighted by Gasteiger charge is -2.32. The van der Waals surface area contributed by atoms with Crippen LogP contribution in [0.15, 0.2) is 41.0 Å². The van der Waals surface area contributed by atoms with Gasteiger partial charge in [-0.1, -0.05) is 33.6 Å². The van der Waals surface area contributed by atoms with Crippen molar-refractivity contribution >= 4 is 44.9 Å². The SMILES string of the molecule is Cc1ccc(NC(=O)C2CCN(c3ccc(Cl)cn3)CC2)cc1Br. The van der Waals surface area contributed by atoms with E-state index in [1.807, 2.05) is 37.3 Å². The number of anilines is 2. The maximum absolute atomic E-state index is 12.5. The molecule has 0 spiro atoms. The second kappa shape index (κ2) is 7.53. The number of aromatic nitrogens is 1. The van der Waals surface area contributed by atoms with Crippen molar-refractivity contribution in [1.29, 1.82) is 0 Å². The van der Waals surface area contributed by atoms with E-state index in [0.717, 1.165) is 47.5 Å². The zero-order chi connectivity index (χ0) is 17.1. The third-order valence-electron chi connectivity index (χ3n) is 4.34. The Bertz CT molecular complexity index is 728. The Hall–Kier alpha value is -1.59. The molecule has 1 aliphatic heterocycles. The molecule has 1 aromatic heterocycles. The summed E-state index contributed by atoms with van der Waals surface area (Å²) in [5, 5.41) is 3.66. The molecule has 1 aromatic carbocycles. The number of nitrogens with zero attached hydrogens (tertiary/aromatic N) is 2. The number of carbonyl (C=O) groups excluding carboxylic acids is 1. The molecule has 1 aliphatic rings. The number of piperidine rings is 1. The van der Waals surface area contributed by atoms with Crippen molar-refractivity contribution < 1.29 is 4.79 Å². The highest BCUT2D eigenvalue weighted by molar-refractivity contribution is 9.10. The monoisotopic (exact) mass is 407 g/mol. The summed E-state index contributed by atoms with van der Waals surface area (Å²) in [6.45, 7) is 3.67. The second-order valence-corrected chi connectivity index (χ2v) is 7.34. The van der Waals surface area contributed by atoms with E-state index in [2.05, 4.69) is 31.1 Å². The summed E-state index contributed by atoms with van der Waals surface area (Å²) in [5.41, 5.74) is 1.98. The summed E-state index contributed by atoms with van der Waals surface area (Å²) in [7, 11) is 0. The number of nitrogens with one attached hydrogen (secondary N) is 1. The van der Waals surface area contributed by atoms with Gasteiger partial charge in [0.1, 0.15) is 5.82 Å². The normalized spacial score (nSPS) is 15.4. The van der Waals surface area contributed by atoms with E-state index in [4.69, 9.17) is 11.6 Å². The molecule has 0 radical (unpaired) electrons.